The van der Waals surface area contributed by atoms with Gasteiger partial charge in [0.05, 0.1) is 12.0 Å². The molecule has 0 aliphatic rings. The number of ether oxygens (including phenoxy) is 1. The van der Waals surface area contributed by atoms with E-state index in [0.717, 1.165) is 11.3 Å². The topological polar surface area (TPSA) is 72.7 Å². The Kier molecular flexibility index (Phi) is 4.73. The summed E-state index contributed by atoms with van der Waals surface area (Å²) in [5.74, 6) is 0.757. The summed E-state index contributed by atoms with van der Waals surface area (Å²) in [5, 5.41) is 11.2. The van der Waals surface area contributed by atoms with Crippen LogP contribution in [0.1, 0.15) is 15.9 Å². The van der Waals surface area contributed by atoms with Gasteiger partial charge in [-0.05, 0) is 29.8 Å². The molecule has 114 valence electrons. The van der Waals surface area contributed by atoms with Gasteiger partial charge >= 0.3 is 0 Å². The largest absolute Gasteiger partial charge is 0.497 e. The van der Waals surface area contributed by atoms with E-state index in [-0.39, 0.29) is 11.3 Å². The summed E-state index contributed by atoms with van der Waals surface area (Å²) >= 11 is 0. The summed E-state index contributed by atoms with van der Waals surface area (Å²) in [6, 6.07) is 11.9. The molecule has 0 aromatic heterocycles. The fourth-order valence-corrected chi connectivity index (χ4v) is 2.17. The molecule has 0 heterocycles. The van der Waals surface area contributed by atoms with E-state index in [1.807, 2.05) is 24.3 Å². The molecule has 0 unspecified atom stereocenters. The quantitative estimate of drug-likeness (QED) is 0.466. The minimum Gasteiger partial charge on any atom is -0.497 e. The first-order chi connectivity index (χ1) is 10.5. The highest BCUT2D eigenvalue weighted by molar-refractivity contribution is 5.79. The molecule has 2 rings (SSSR count). The third kappa shape index (κ3) is 3.41. The van der Waals surface area contributed by atoms with Crippen molar-refractivity contribution in [3.63, 3.8) is 0 Å². The van der Waals surface area contributed by atoms with Crippen LogP contribution in [0.5, 0.6) is 5.75 Å². The van der Waals surface area contributed by atoms with E-state index >= 15 is 0 Å². The summed E-state index contributed by atoms with van der Waals surface area (Å²) in [6.07, 6.45) is 0.597. The van der Waals surface area contributed by atoms with Crippen LogP contribution in [0.15, 0.2) is 42.5 Å². The van der Waals surface area contributed by atoms with E-state index in [4.69, 9.17) is 4.74 Å². The minimum absolute atomic E-state index is 0.0828. The van der Waals surface area contributed by atoms with Gasteiger partial charge in [-0.1, -0.05) is 12.1 Å². The van der Waals surface area contributed by atoms with Gasteiger partial charge in [0.1, 0.15) is 17.7 Å². The van der Waals surface area contributed by atoms with Crippen LogP contribution in [-0.4, -0.2) is 25.4 Å². The predicted molar refractivity (Wildman–Crippen MR) is 83.6 cm³/mol. The Labute approximate surface area is 128 Å². The highest BCUT2D eigenvalue weighted by atomic mass is 16.6. The zero-order chi connectivity index (χ0) is 16.1. The number of carbonyl (C=O) groups excluding carboxylic acids is 1. The van der Waals surface area contributed by atoms with Crippen LogP contribution in [0.25, 0.3) is 0 Å². The lowest BCUT2D eigenvalue weighted by Gasteiger charge is -2.19. The smallest absolute Gasteiger partial charge is 0.293 e. The molecule has 6 heteroatoms. The Balaban J connectivity index is 2.26. The number of nitro benzene ring substituents is 1. The van der Waals surface area contributed by atoms with Crippen molar-refractivity contribution in [2.75, 3.05) is 19.1 Å². The van der Waals surface area contributed by atoms with Crippen LogP contribution in [0.3, 0.4) is 0 Å². The summed E-state index contributed by atoms with van der Waals surface area (Å²) < 4.78 is 5.10. The van der Waals surface area contributed by atoms with Crippen molar-refractivity contribution >= 4 is 17.7 Å². The molecule has 0 radical (unpaired) electrons. The standard InChI is InChI=1S/C16H16N2O4/c1-17(10-12-3-6-14(22-2)7-4-12)15-8-5-13(11-19)9-16(15)18(20)21/h3-9,11H,10H2,1-2H3. The van der Waals surface area contributed by atoms with Gasteiger partial charge in [0.25, 0.3) is 5.69 Å². The second kappa shape index (κ2) is 6.71. The summed E-state index contributed by atoms with van der Waals surface area (Å²) in [4.78, 5) is 23.2. The molecule has 0 spiro atoms. The number of rotatable bonds is 6. The molecule has 22 heavy (non-hydrogen) atoms. The highest BCUT2D eigenvalue weighted by Crippen LogP contribution is 2.29. The Hall–Kier alpha value is -2.89. The normalized spacial score (nSPS) is 10.1. The molecule has 0 aliphatic heterocycles. The average Bonchev–Trinajstić information content (AvgIpc) is 2.54. The first kappa shape index (κ1) is 15.5. The Morgan fingerprint density at radius 1 is 1.23 bits per heavy atom. The fourth-order valence-electron chi connectivity index (χ4n) is 2.17. The highest BCUT2D eigenvalue weighted by Gasteiger charge is 2.18. The van der Waals surface area contributed by atoms with Crippen molar-refractivity contribution in [3.8, 4) is 5.75 Å². The van der Waals surface area contributed by atoms with Crippen LogP contribution in [0, 0.1) is 10.1 Å². The van der Waals surface area contributed by atoms with Gasteiger partial charge in [-0.2, -0.15) is 0 Å². The third-order valence-corrected chi connectivity index (χ3v) is 3.32. The molecule has 0 aliphatic carbocycles. The number of hydrogen-bond acceptors (Lipinski definition) is 5. The number of methoxy groups -OCH3 is 1. The van der Waals surface area contributed by atoms with Gasteiger partial charge in [0.2, 0.25) is 0 Å². The molecule has 2 aromatic carbocycles. The van der Waals surface area contributed by atoms with E-state index in [1.165, 1.54) is 6.07 Å². The third-order valence-electron chi connectivity index (χ3n) is 3.32. The molecule has 0 saturated carbocycles. The molecule has 0 bridgehead atoms. The van der Waals surface area contributed by atoms with Crippen LogP contribution in [0.4, 0.5) is 11.4 Å². The van der Waals surface area contributed by atoms with Crippen LogP contribution in [-0.2, 0) is 6.54 Å². The van der Waals surface area contributed by atoms with Crippen LogP contribution >= 0.6 is 0 Å². The lowest BCUT2D eigenvalue weighted by Crippen LogP contribution is -2.17. The monoisotopic (exact) mass is 300 g/mol. The number of hydrogen-bond donors (Lipinski definition) is 0. The number of nitrogens with zero attached hydrogens (tertiary/aromatic N) is 2. The zero-order valence-electron chi connectivity index (χ0n) is 12.4. The van der Waals surface area contributed by atoms with E-state index in [0.29, 0.717) is 18.5 Å². The SMILES string of the molecule is COc1ccc(CN(C)c2ccc(C=O)cc2[N+](=O)[O-])cc1. The second-order valence-corrected chi connectivity index (χ2v) is 4.83. The maximum absolute atomic E-state index is 11.2. The predicted octanol–water partition coefficient (Wildman–Crippen LogP) is 3.05. The maximum Gasteiger partial charge on any atom is 0.293 e. The first-order valence-electron chi connectivity index (χ1n) is 6.63. The van der Waals surface area contributed by atoms with E-state index in [1.54, 1.807) is 31.2 Å². The average molecular weight is 300 g/mol. The molecule has 6 nitrogen and oxygen atoms in total. The Morgan fingerprint density at radius 3 is 2.45 bits per heavy atom. The van der Waals surface area contributed by atoms with Gasteiger partial charge in [-0.3, -0.25) is 14.9 Å². The number of aldehydes is 1. The van der Waals surface area contributed by atoms with Crippen molar-refractivity contribution in [2.24, 2.45) is 0 Å². The van der Waals surface area contributed by atoms with Crippen molar-refractivity contribution < 1.29 is 14.5 Å². The molecular weight excluding hydrogens is 284 g/mol. The minimum atomic E-state index is -0.479. The van der Waals surface area contributed by atoms with Crippen LogP contribution in [0.2, 0.25) is 0 Å². The van der Waals surface area contributed by atoms with Gasteiger partial charge in [-0.25, -0.2) is 0 Å². The summed E-state index contributed by atoms with van der Waals surface area (Å²) in [6.45, 7) is 0.505. The lowest BCUT2D eigenvalue weighted by atomic mass is 10.1. The Bertz CT molecular complexity index is 683. The molecule has 2 aromatic rings. The first-order valence-corrected chi connectivity index (χ1v) is 6.63. The number of anilines is 1. The van der Waals surface area contributed by atoms with E-state index < -0.39 is 4.92 Å². The zero-order valence-corrected chi connectivity index (χ0v) is 12.4. The molecule has 0 N–H and O–H groups in total. The second-order valence-electron chi connectivity index (χ2n) is 4.83. The molecule has 0 amide bonds. The molecule has 0 saturated heterocycles. The molecular formula is C16H16N2O4. The van der Waals surface area contributed by atoms with Crippen molar-refractivity contribution in [2.45, 2.75) is 6.54 Å². The van der Waals surface area contributed by atoms with Gasteiger partial charge in [0.15, 0.2) is 0 Å². The fraction of sp³-hybridized carbons (Fsp3) is 0.188. The van der Waals surface area contributed by atoms with Crippen LogP contribution < -0.4 is 9.64 Å². The molecule has 0 atom stereocenters. The summed E-state index contributed by atoms with van der Waals surface area (Å²) in [7, 11) is 3.37. The van der Waals surface area contributed by atoms with E-state index in [9.17, 15) is 14.9 Å². The Morgan fingerprint density at radius 2 is 1.91 bits per heavy atom. The van der Waals surface area contributed by atoms with Crippen molar-refractivity contribution in [1.29, 1.82) is 0 Å². The number of benzene rings is 2. The lowest BCUT2D eigenvalue weighted by molar-refractivity contribution is -0.384. The number of carbonyl (C=O) groups is 1. The van der Waals surface area contributed by atoms with Gasteiger partial charge in [-0.15, -0.1) is 0 Å². The molecule has 0 fully saturated rings. The van der Waals surface area contributed by atoms with E-state index in [2.05, 4.69) is 0 Å². The van der Waals surface area contributed by atoms with Crippen molar-refractivity contribution in [1.82, 2.24) is 0 Å². The maximum atomic E-state index is 11.2. The van der Waals surface area contributed by atoms with Gasteiger partial charge in [0, 0.05) is 25.2 Å². The summed E-state index contributed by atoms with van der Waals surface area (Å²) in [5.41, 5.74) is 1.66. The van der Waals surface area contributed by atoms with Gasteiger partial charge < -0.3 is 9.64 Å². The number of nitro groups is 1. The van der Waals surface area contributed by atoms with Crippen molar-refractivity contribution in [3.05, 3.63) is 63.7 Å².